The highest BCUT2D eigenvalue weighted by molar-refractivity contribution is 6.32. The third kappa shape index (κ3) is 8.09. The number of halogens is 4. The molecule has 0 radical (unpaired) electrons. The predicted molar refractivity (Wildman–Crippen MR) is 151 cm³/mol. The highest BCUT2D eigenvalue weighted by atomic mass is 35.5. The fourth-order valence-corrected chi connectivity index (χ4v) is 4.96. The summed E-state index contributed by atoms with van der Waals surface area (Å²) >= 11 is 6.30. The maximum Gasteiger partial charge on any atom is 0.417 e. The van der Waals surface area contributed by atoms with Gasteiger partial charge < -0.3 is 10.5 Å². The zero-order valence-corrected chi connectivity index (χ0v) is 22.3. The molecule has 0 bridgehead atoms. The van der Waals surface area contributed by atoms with E-state index in [-0.39, 0.29) is 17.5 Å². The summed E-state index contributed by atoms with van der Waals surface area (Å²) in [4.78, 5) is 2.16. The Balaban J connectivity index is 1.56. The van der Waals surface area contributed by atoms with E-state index in [0.29, 0.717) is 38.2 Å². The topological polar surface area (TPSA) is 38.5 Å². The summed E-state index contributed by atoms with van der Waals surface area (Å²) in [7, 11) is 0. The number of hydrogen-bond donors (Lipinski definition) is 1. The molecule has 0 atom stereocenters. The molecular formula is C32H32ClF3N2O. The molecule has 0 fully saturated rings. The maximum atomic E-state index is 13.6. The Labute approximate surface area is 233 Å². The summed E-state index contributed by atoms with van der Waals surface area (Å²) in [6.07, 6.45) is -3.83. The number of hydrogen-bond acceptors (Lipinski definition) is 3. The van der Waals surface area contributed by atoms with E-state index in [9.17, 15) is 13.2 Å². The molecule has 0 aliphatic carbocycles. The predicted octanol–water partition coefficient (Wildman–Crippen LogP) is 7.92. The second-order valence-corrected chi connectivity index (χ2v) is 9.82. The molecule has 0 saturated heterocycles. The van der Waals surface area contributed by atoms with Crippen LogP contribution in [-0.2, 0) is 19.3 Å². The van der Waals surface area contributed by atoms with Gasteiger partial charge in [-0.2, -0.15) is 13.2 Å². The smallest absolute Gasteiger partial charge is 0.417 e. The van der Waals surface area contributed by atoms with Crippen LogP contribution in [0.4, 0.5) is 13.2 Å². The van der Waals surface area contributed by atoms with E-state index in [0.717, 1.165) is 28.5 Å². The van der Waals surface area contributed by atoms with Gasteiger partial charge in [-0.3, -0.25) is 4.90 Å². The third-order valence-corrected chi connectivity index (χ3v) is 7.09. The molecular weight excluding hydrogens is 521 g/mol. The minimum absolute atomic E-state index is 0.0270. The van der Waals surface area contributed by atoms with Crippen molar-refractivity contribution in [3.8, 4) is 5.75 Å². The molecule has 3 nitrogen and oxygen atoms in total. The Hall–Kier alpha value is -3.32. The van der Waals surface area contributed by atoms with E-state index in [2.05, 4.69) is 29.2 Å². The van der Waals surface area contributed by atoms with Gasteiger partial charge >= 0.3 is 6.18 Å². The molecule has 2 N–H and O–H groups in total. The number of nitrogens with zero attached hydrogens (tertiary/aromatic N) is 1. The molecule has 0 aliphatic heterocycles. The van der Waals surface area contributed by atoms with Crippen molar-refractivity contribution >= 4 is 11.6 Å². The standard InChI is InChI=1S/C32H32ClF3N2O/c33-31-27(15-8-17-30(31)32(34,35)36)22-38(18-9-19-39-28-16-7-10-24(20-28)21-37)23-29(25-11-3-1-4-12-25)26-13-5-2-6-14-26/h1-8,10-17,20,29H,9,18-19,21-23,37H2. The monoisotopic (exact) mass is 552 g/mol. The van der Waals surface area contributed by atoms with Crippen molar-refractivity contribution in [1.29, 1.82) is 0 Å². The van der Waals surface area contributed by atoms with Gasteiger partial charge in [0.05, 0.1) is 17.2 Å². The Morgan fingerprint density at radius 1 is 0.821 bits per heavy atom. The Bertz CT molecular complexity index is 1280. The van der Waals surface area contributed by atoms with Crippen molar-refractivity contribution < 1.29 is 17.9 Å². The van der Waals surface area contributed by atoms with Crippen molar-refractivity contribution in [1.82, 2.24) is 4.90 Å². The summed E-state index contributed by atoms with van der Waals surface area (Å²) in [5.41, 5.74) is 8.63. The first-order chi connectivity index (χ1) is 18.8. The van der Waals surface area contributed by atoms with Crippen LogP contribution in [0.5, 0.6) is 5.75 Å². The van der Waals surface area contributed by atoms with E-state index in [1.165, 1.54) is 6.07 Å². The van der Waals surface area contributed by atoms with Crippen molar-refractivity contribution in [3.05, 3.63) is 136 Å². The molecule has 0 spiro atoms. The van der Waals surface area contributed by atoms with E-state index in [1.54, 1.807) is 6.07 Å². The van der Waals surface area contributed by atoms with Crippen LogP contribution in [0.2, 0.25) is 5.02 Å². The molecule has 4 aromatic carbocycles. The zero-order valence-electron chi connectivity index (χ0n) is 21.6. The first-order valence-electron chi connectivity index (χ1n) is 12.9. The second-order valence-electron chi connectivity index (χ2n) is 9.44. The summed E-state index contributed by atoms with van der Waals surface area (Å²) in [5.74, 6) is 0.774. The van der Waals surface area contributed by atoms with Gasteiger partial charge in [-0.1, -0.05) is 96.5 Å². The molecule has 39 heavy (non-hydrogen) atoms. The lowest BCUT2D eigenvalue weighted by atomic mass is 9.90. The lowest BCUT2D eigenvalue weighted by Gasteiger charge is -2.29. The van der Waals surface area contributed by atoms with Crippen LogP contribution in [-0.4, -0.2) is 24.6 Å². The summed E-state index contributed by atoms with van der Waals surface area (Å²) in [6, 6.07) is 32.1. The van der Waals surface area contributed by atoms with Crippen molar-refractivity contribution in [3.63, 3.8) is 0 Å². The Kier molecular flexibility index (Phi) is 10.0. The number of nitrogens with two attached hydrogens (primary N) is 1. The lowest BCUT2D eigenvalue weighted by Crippen LogP contribution is -2.31. The van der Waals surface area contributed by atoms with Crippen LogP contribution < -0.4 is 10.5 Å². The number of rotatable bonds is 12. The zero-order chi connectivity index (χ0) is 27.7. The molecule has 7 heteroatoms. The molecule has 4 aromatic rings. The van der Waals surface area contributed by atoms with Crippen LogP contribution in [0.25, 0.3) is 0 Å². The molecule has 0 heterocycles. The number of alkyl halides is 3. The van der Waals surface area contributed by atoms with Gasteiger partial charge in [0.1, 0.15) is 5.75 Å². The van der Waals surface area contributed by atoms with E-state index in [1.807, 2.05) is 60.7 Å². The van der Waals surface area contributed by atoms with Gasteiger partial charge in [0.25, 0.3) is 0 Å². The fraction of sp³-hybridized carbons (Fsp3) is 0.250. The van der Waals surface area contributed by atoms with E-state index >= 15 is 0 Å². The van der Waals surface area contributed by atoms with Crippen molar-refractivity contribution in [2.45, 2.75) is 31.6 Å². The fourth-order valence-electron chi connectivity index (χ4n) is 4.67. The van der Waals surface area contributed by atoms with Crippen LogP contribution in [0.3, 0.4) is 0 Å². The van der Waals surface area contributed by atoms with Gasteiger partial charge in [-0.25, -0.2) is 0 Å². The normalized spacial score (nSPS) is 11.8. The average Bonchev–Trinajstić information content (AvgIpc) is 2.95. The lowest BCUT2D eigenvalue weighted by molar-refractivity contribution is -0.137. The van der Waals surface area contributed by atoms with Gasteiger partial charge in [0, 0.05) is 32.1 Å². The van der Waals surface area contributed by atoms with Gasteiger partial charge in [-0.05, 0) is 46.9 Å². The minimum Gasteiger partial charge on any atom is -0.494 e. The molecule has 0 saturated carbocycles. The minimum atomic E-state index is -4.51. The molecule has 204 valence electrons. The van der Waals surface area contributed by atoms with Gasteiger partial charge in [-0.15, -0.1) is 0 Å². The molecule has 0 unspecified atom stereocenters. The highest BCUT2D eigenvalue weighted by Crippen LogP contribution is 2.37. The van der Waals surface area contributed by atoms with Crippen LogP contribution >= 0.6 is 11.6 Å². The van der Waals surface area contributed by atoms with Gasteiger partial charge in [0.2, 0.25) is 0 Å². The van der Waals surface area contributed by atoms with E-state index in [4.69, 9.17) is 22.1 Å². The maximum absolute atomic E-state index is 13.6. The van der Waals surface area contributed by atoms with Crippen molar-refractivity contribution in [2.75, 3.05) is 19.7 Å². The van der Waals surface area contributed by atoms with Crippen LogP contribution in [0.15, 0.2) is 103 Å². The second kappa shape index (κ2) is 13.7. The van der Waals surface area contributed by atoms with E-state index < -0.39 is 11.7 Å². The molecule has 0 aromatic heterocycles. The summed E-state index contributed by atoms with van der Waals surface area (Å²) < 4.78 is 46.6. The molecule has 0 aliphatic rings. The largest absolute Gasteiger partial charge is 0.494 e. The summed E-state index contributed by atoms with van der Waals surface area (Å²) in [5, 5.41) is -0.249. The first-order valence-corrected chi connectivity index (χ1v) is 13.3. The summed E-state index contributed by atoms with van der Waals surface area (Å²) in [6.45, 7) is 2.38. The first kappa shape index (κ1) is 28.7. The molecule has 4 rings (SSSR count). The third-order valence-electron chi connectivity index (χ3n) is 6.64. The molecule has 0 amide bonds. The van der Waals surface area contributed by atoms with Gasteiger partial charge in [0.15, 0.2) is 0 Å². The number of benzene rings is 4. The highest BCUT2D eigenvalue weighted by Gasteiger charge is 2.34. The van der Waals surface area contributed by atoms with Crippen LogP contribution in [0, 0.1) is 0 Å². The Morgan fingerprint density at radius 3 is 2.08 bits per heavy atom. The average molecular weight is 553 g/mol. The Morgan fingerprint density at radius 2 is 1.46 bits per heavy atom. The van der Waals surface area contributed by atoms with Crippen LogP contribution in [0.1, 0.15) is 40.2 Å². The number of ether oxygens (including phenoxy) is 1. The SMILES string of the molecule is NCc1cccc(OCCCN(Cc2cccc(C(F)(F)F)c2Cl)CC(c2ccccc2)c2ccccc2)c1. The van der Waals surface area contributed by atoms with Crippen molar-refractivity contribution in [2.24, 2.45) is 5.73 Å². The quantitative estimate of drug-likeness (QED) is 0.181.